The highest BCUT2D eigenvalue weighted by atomic mass is 14.8. The van der Waals surface area contributed by atoms with Crippen molar-refractivity contribution in [1.82, 2.24) is 4.98 Å². The van der Waals surface area contributed by atoms with E-state index in [9.17, 15) is 0 Å². The zero-order valence-corrected chi connectivity index (χ0v) is 11.1. The molecule has 2 N–H and O–H groups in total. The topological polar surface area (TPSA) is 38.9 Å². The molecule has 19 heavy (non-hydrogen) atoms. The fourth-order valence-electron chi connectivity index (χ4n) is 2.36. The van der Waals surface area contributed by atoms with Gasteiger partial charge in [0.05, 0.1) is 5.69 Å². The van der Waals surface area contributed by atoms with Crippen molar-refractivity contribution < 1.29 is 0 Å². The molecule has 0 fully saturated rings. The van der Waals surface area contributed by atoms with E-state index in [4.69, 9.17) is 5.73 Å². The number of aromatic nitrogens is 1. The summed E-state index contributed by atoms with van der Waals surface area (Å²) < 4.78 is 0. The minimum Gasteiger partial charge on any atom is -0.383 e. The number of nitrogen functional groups attached to an aromatic ring is 1. The number of fused-ring (bicyclic) bond motifs is 1. The molecule has 0 aliphatic heterocycles. The predicted molar refractivity (Wildman–Crippen MR) is 81.1 cm³/mol. The molecule has 3 aromatic rings. The lowest BCUT2D eigenvalue weighted by Crippen LogP contribution is -1.95. The highest BCUT2D eigenvalue weighted by molar-refractivity contribution is 5.94. The molecule has 0 unspecified atom stereocenters. The average molecular weight is 248 g/mol. The summed E-state index contributed by atoms with van der Waals surface area (Å²) in [6.07, 6.45) is 0. The van der Waals surface area contributed by atoms with Gasteiger partial charge in [-0.15, -0.1) is 0 Å². The molecule has 0 saturated carbocycles. The van der Waals surface area contributed by atoms with E-state index in [1.807, 2.05) is 12.1 Å². The van der Waals surface area contributed by atoms with Crippen LogP contribution in [0, 0.1) is 13.8 Å². The molecule has 0 aliphatic carbocycles. The molecule has 2 heteroatoms. The van der Waals surface area contributed by atoms with Gasteiger partial charge in [-0.3, -0.25) is 0 Å². The molecule has 0 radical (unpaired) electrons. The summed E-state index contributed by atoms with van der Waals surface area (Å²) in [6.45, 7) is 4.17. The molecular weight excluding hydrogens is 232 g/mol. The molecule has 2 nitrogen and oxygen atoms in total. The van der Waals surface area contributed by atoms with Gasteiger partial charge in [-0.1, -0.05) is 47.5 Å². The number of aryl methyl sites for hydroxylation is 2. The molecule has 1 heterocycles. The first-order valence-corrected chi connectivity index (χ1v) is 6.37. The zero-order chi connectivity index (χ0) is 13.4. The van der Waals surface area contributed by atoms with Crippen LogP contribution in [0.3, 0.4) is 0 Å². The van der Waals surface area contributed by atoms with Crippen molar-refractivity contribution in [3.63, 3.8) is 0 Å². The first-order valence-electron chi connectivity index (χ1n) is 6.37. The SMILES string of the molecule is Cc1cccc(-c2cc3cc(C)ccc3c(N)n2)c1. The molecule has 0 aliphatic rings. The van der Waals surface area contributed by atoms with Crippen LogP contribution in [0.15, 0.2) is 48.5 Å². The summed E-state index contributed by atoms with van der Waals surface area (Å²) in [4.78, 5) is 4.52. The third-order valence-corrected chi connectivity index (χ3v) is 3.33. The Bertz CT molecular complexity index is 760. The van der Waals surface area contributed by atoms with E-state index in [0.717, 1.165) is 22.0 Å². The highest BCUT2D eigenvalue weighted by Crippen LogP contribution is 2.27. The average Bonchev–Trinajstić information content (AvgIpc) is 2.38. The van der Waals surface area contributed by atoms with Crippen molar-refractivity contribution in [3.8, 4) is 11.3 Å². The second kappa shape index (κ2) is 4.39. The van der Waals surface area contributed by atoms with Crippen molar-refractivity contribution in [3.05, 3.63) is 59.7 Å². The molecule has 0 saturated heterocycles. The van der Waals surface area contributed by atoms with Crippen molar-refractivity contribution in [1.29, 1.82) is 0 Å². The standard InChI is InChI=1S/C17H16N2/c1-11-4-3-5-13(8-11)16-10-14-9-12(2)6-7-15(14)17(18)19-16/h3-10H,1-2H3,(H2,18,19). The third kappa shape index (κ3) is 2.17. The molecule has 94 valence electrons. The van der Waals surface area contributed by atoms with Gasteiger partial charge < -0.3 is 5.73 Å². The largest absolute Gasteiger partial charge is 0.383 e. The number of nitrogens with zero attached hydrogens (tertiary/aromatic N) is 1. The number of nitrogens with two attached hydrogens (primary N) is 1. The minimum absolute atomic E-state index is 0.592. The molecule has 2 aromatic carbocycles. The minimum atomic E-state index is 0.592. The van der Waals surface area contributed by atoms with Crippen LogP contribution < -0.4 is 5.73 Å². The quantitative estimate of drug-likeness (QED) is 0.704. The van der Waals surface area contributed by atoms with Crippen LogP contribution in [0.25, 0.3) is 22.0 Å². The second-order valence-electron chi connectivity index (χ2n) is 4.99. The lowest BCUT2D eigenvalue weighted by molar-refractivity contribution is 1.35. The van der Waals surface area contributed by atoms with Gasteiger partial charge in [-0.25, -0.2) is 4.98 Å². The van der Waals surface area contributed by atoms with Crippen LogP contribution in [0.4, 0.5) is 5.82 Å². The van der Waals surface area contributed by atoms with Crippen molar-refractivity contribution in [2.24, 2.45) is 0 Å². The summed E-state index contributed by atoms with van der Waals surface area (Å²) in [6, 6.07) is 16.7. The van der Waals surface area contributed by atoms with Crippen LogP contribution in [0.1, 0.15) is 11.1 Å². The Hall–Kier alpha value is -2.35. The molecule has 3 rings (SSSR count). The first-order chi connectivity index (χ1) is 9.13. The summed E-state index contributed by atoms with van der Waals surface area (Å²) in [5.74, 6) is 0.592. The number of pyridine rings is 1. The lowest BCUT2D eigenvalue weighted by Gasteiger charge is -2.08. The Kier molecular flexibility index (Phi) is 2.71. The Morgan fingerprint density at radius 3 is 2.47 bits per heavy atom. The van der Waals surface area contributed by atoms with Gasteiger partial charge >= 0.3 is 0 Å². The maximum absolute atomic E-state index is 6.07. The maximum Gasteiger partial charge on any atom is 0.131 e. The number of rotatable bonds is 1. The number of anilines is 1. The van der Waals surface area contributed by atoms with E-state index in [1.165, 1.54) is 11.1 Å². The van der Waals surface area contributed by atoms with Gasteiger partial charge in [0.2, 0.25) is 0 Å². The van der Waals surface area contributed by atoms with Crippen LogP contribution in [0.5, 0.6) is 0 Å². The molecule has 0 bridgehead atoms. The van der Waals surface area contributed by atoms with Crippen molar-refractivity contribution in [2.45, 2.75) is 13.8 Å². The van der Waals surface area contributed by atoms with Gasteiger partial charge in [0.25, 0.3) is 0 Å². The van der Waals surface area contributed by atoms with E-state index < -0.39 is 0 Å². The Labute approximate surface area is 112 Å². The summed E-state index contributed by atoms with van der Waals surface area (Å²) in [5.41, 5.74) is 10.6. The smallest absolute Gasteiger partial charge is 0.131 e. The first kappa shape index (κ1) is 11.7. The van der Waals surface area contributed by atoms with E-state index in [2.05, 4.69) is 55.2 Å². The van der Waals surface area contributed by atoms with Gasteiger partial charge in [-0.2, -0.15) is 0 Å². The van der Waals surface area contributed by atoms with Crippen LogP contribution >= 0.6 is 0 Å². The van der Waals surface area contributed by atoms with Gasteiger partial charge in [0, 0.05) is 10.9 Å². The fourth-order valence-corrected chi connectivity index (χ4v) is 2.36. The maximum atomic E-state index is 6.07. The monoisotopic (exact) mass is 248 g/mol. The second-order valence-corrected chi connectivity index (χ2v) is 4.99. The van der Waals surface area contributed by atoms with Crippen molar-refractivity contribution >= 4 is 16.6 Å². The highest BCUT2D eigenvalue weighted by Gasteiger charge is 2.05. The summed E-state index contributed by atoms with van der Waals surface area (Å²) in [5, 5.41) is 2.16. The number of benzene rings is 2. The number of hydrogen-bond acceptors (Lipinski definition) is 2. The van der Waals surface area contributed by atoms with Gasteiger partial charge in [0.1, 0.15) is 5.82 Å². The van der Waals surface area contributed by atoms with E-state index in [-0.39, 0.29) is 0 Å². The Morgan fingerprint density at radius 1 is 0.895 bits per heavy atom. The van der Waals surface area contributed by atoms with E-state index in [0.29, 0.717) is 5.82 Å². The van der Waals surface area contributed by atoms with Crippen molar-refractivity contribution in [2.75, 3.05) is 5.73 Å². The number of hydrogen-bond donors (Lipinski definition) is 1. The fraction of sp³-hybridized carbons (Fsp3) is 0.118. The van der Waals surface area contributed by atoms with Crippen LogP contribution in [-0.4, -0.2) is 4.98 Å². The van der Waals surface area contributed by atoms with E-state index >= 15 is 0 Å². The summed E-state index contributed by atoms with van der Waals surface area (Å²) >= 11 is 0. The van der Waals surface area contributed by atoms with Crippen LogP contribution in [0.2, 0.25) is 0 Å². The third-order valence-electron chi connectivity index (χ3n) is 3.33. The predicted octanol–water partition coefficient (Wildman–Crippen LogP) is 4.10. The van der Waals surface area contributed by atoms with Gasteiger partial charge in [0.15, 0.2) is 0 Å². The Balaban J connectivity index is 2.25. The normalized spacial score (nSPS) is 10.8. The van der Waals surface area contributed by atoms with Gasteiger partial charge in [-0.05, 0) is 31.4 Å². The zero-order valence-electron chi connectivity index (χ0n) is 11.1. The lowest BCUT2D eigenvalue weighted by atomic mass is 10.0. The molecule has 0 amide bonds. The molecule has 0 atom stereocenters. The van der Waals surface area contributed by atoms with E-state index in [1.54, 1.807) is 0 Å². The molecular formula is C17H16N2. The van der Waals surface area contributed by atoms with Crippen LogP contribution in [-0.2, 0) is 0 Å². The molecule has 0 spiro atoms. The Morgan fingerprint density at radius 2 is 1.68 bits per heavy atom. The molecule has 1 aromatic heterocycles. The summed E-state index contributed by atoms with van der Waals surface area (Å²) in [7, 11) is 0.